The van der Waals surface area contributed by atoms with E-state index in [-0.39, 0.29) is 5.91 Å². The fraction of sp³-hybridized carbons (Fsp3) is 0.125. The molecule has 0 aliphatic heterocycles. The molecule has 1 aromatic carbocycles. The second-order valence-corrected chi connectivity index (χ2v) is 6.66. The Labute approximate surface area is 147 Å². The fourth-order valence-electron chi connectivity index (χ4n) is 2.35. The molecule has 0 saturated carbocycles. The number of carbonyl (C=O) groups excluding carboxylic acids is 1. The molecule has 7 heteroatoms. The fourth-order valence-corrected chi connectivity index (χ4v) is 3.32. The number of imidazole rings is 1. The van der Waals surface area contributed by atoms with Crippen LogP contribution in [-0.2, 0) is 0 Å². The molecular formula is C16H13Cl2N3OS. The van der Waals surface area contributed by atoms with Crippen LogP contribution in [0.2, 0.25) is 10.0 Å². The van der Waals surface area contributed by atoms with Crippen molar-refractivity contribution < 1.29 is 4.79 Å². The summed E-state index contributed by atoms with van der Waals surface area (Å²) < 4.78 is 1.62. The summed E-state index contributed by atoms with van der Waals surface area (Å²) in [6, 6.07) is 9.25. The zero-order chi connectivity index (χ0) is 16.6. The van der Waals surface area contributed by atoms with Gasteiger partial charge in [0, 0.05) is 16.8 Å². The SMILES string of the molecule is CSc1cccc(NC(=O)c2c(C)nc3c(Cl)cc(Cl)cn23)c1. The van der Waals surface area contributed by atoms with Gasteiger partial charge >= 0.3 is 0 Å². The Morgan fingerprint density at radius 3 is 2.83 bits per heavy atom. The Balaban J connectivity index is 2.02. The molecule has 0 radical (unpaired) electrons. The first-order chi connectivity index (χ1) is 11.0. The van der Waals surface area contributed by atoms with Gasteiger partial charge in [0.05, 0.1) is 15.7 Å². The molecule has 0 fully saturated rings. The molecule has 4 nitrogen and oxygen atoms in total. The van der Waals surface area contributed by atoms with Gasteiger partial charge in [0.2, 0.25) is 0 Å². The normalized spacial score (nSPS) is 11.0. The number of benzene rings is 1. The van der Waals surface area contributed by atoms with Gasteiger partial charge in [0.1, 0.15) is 5.69 Å². The van der Waals surface area contributed by atoms with E-state index < -0.39 is 0 Å². The van der Waals surface area contributed by atoms with Gasteiger partial charge < -0.3 is 5.32 Å². The predicted molar refractivity (Wildman–Crippen MR) is 96.1 cm³/mol. The average Bonchev–Trinajstić information content (AvgIpc) is 2.84. The summed E-state index contributed by atoms with van der Waals surface area (Å²) in [5.74, 6) is -0.258. The minimum Gasteiger partial charge on any atom is -0.321 e. The quantitative estimate of drug-likeness (QED) is 0.669. The number of anilines is 1. The third-order valence-electron chi connectivity index (χ3n) is 3.36. The number of halogens is 2. The van der Waals surface area contributed by atoms with Crippen molar-refractivity contribution in [1.29, 1.82) is 0 Å². The van der Waals surface area contributed by atoms with Crippen LogP contribution in [-0.4, -0.2) is 21.5 Å². The lowest BCUT2D eigenvalue weighted by Crippen LogP contribution is -2.15. The minimum atomic E-state index is -0.258. The summed E-state index contributed by atoms with van der Waals surface area (Å²) in [5.41, 5.74) is 2.24. The van der Waals surface area contributed by atoms with E-state index in [2.05, 4.69) is 10.3 Å². The Kier molecular flexibility index (Phi) is 4.53. The largest absolute Gasteiger partial charge is 0.321 e. The second kappa shape index (κ2) is 6.43. The number of fused-ring (bicyclic) bond motifs is 1. The van der Waals surface area contributed by atoms with Gasteiger partial charge in [-0.25, -0.2) is 4.98 Å². The standard InChI is InChI=1S/C16H13Cl2N3OS/c1-9-14(21-8-10(17)6-13(18)15(21)19-9)16(22)20-11-4-3-5-12(7-11)23-2/h3-8H,1-2H3,(H,20,22). The molecular weight excluding hydrogens is 353 g/mol. The van der Waals surface area contributed by atoms with Crippen molar-refractivity contribution in [3.8, 4) is 0 Å². The lowest BCUT2D eigenvalue weighted by molar-refractivity contribution is 0.102. The van der Waals surface area contributed by atoms with E-state index in [9.17, 15) is 4.79 Å². The molecule has 0 aliphatic rings. The van der Waals surface area contributed by atoms with Gasteiger partial charge in [-0.15, -0.1) is 11.8 Å². The number of aryl methyl sites for hydroxylation is 1. The molecule has 23 heavy (non-hydrogen) atoms. The van der Waals surface area contributed by atoms with Crippen LogP contribution in [0.3, 0.4) is 0 Å². The maximum atomic E-state index is 12.7. The highest BCUT2D eigenvalue weighted by molar-refractivity contribution is 7.98. The van der Waals surface area contributed by atoms with E-state index in [1.807, 2.05) is 30.5 Å². The maximum absolute atomic E-state index is 12.7. The Morgan fingerprint density at radius 1 is 1.30 bits per heavy atom. The summed E-state index contributed by atoms with van der Waals surface area (Å²) in [6.07, 6.45) is 3.62. The van der Waals surface area contributed by atoms with Crippen LogP contribution >= 0.6 is 35.0 Å². The van der Waals surface area contributed by atoms with Gasteiger partial charge in [-0.2, -0.15) is 0 Å². The Hall–Kier alpha value is -1.69. The molecule has 3 aromatic rings. The van der Waals surface area contributed by atoms with E-state index >= 15 is 0 Å². The van der Waals surface area contributed by atoms with Crippen molar-refractivity contribution in [3.63, 3.8) is 0 Å². The zero-order valence-corrected chi connectivity index (χ0v) is 14.8. The molecule has 0 unspecified atom stereocenters. The number of hydrogen-bond donors (Lipinski definition) is 1. The highest BCUT2D eigenvalue weighted by Gasteiger charge is 2.19. The van der Waals surface area contributed by atoms with E-state index in [1.54, 1.807) is 35.3 Å². The summed E-state index contributed by atoms with van der Waals surface area (Å²) >= 11 is 13.8. The number of amides is 1. The first-order valence-electron chi connectivity index (χ1n) is 6.78. The number of nitrogens with one attached hydrogen (secondary N) is 1. The van der Waals surface area contributed by atoms with Crippen molar-refractivity contribution in [3.05, 3.63) is 58.0 Å². The lowest BCUT2D eigenvalue weighted by atomic mass is 10.3. The van der Waals surface area contributed by atoms with Gasteiger partial charge in [-0.3, -0.25) is 9.20 Å². The van der Waals surface area contributed by atoms with Gasteiger partial charge in [0.15, 0.2) is 5.65 Å². The van der Waals surface area contributed by atoms with Gasteiger partial charge in [-0.05, 0) is 37.4 Å². The Bertz CT molecular complexity index is 908. The topological polar surface area (TPSA) is 46.4 Å². The highest BCUT2D eigenvalue weighted by atomic mass is 35.5. The van der Waals surface area contributed by atoms with E-state index in [1.165, 1.54) is 0 Å². The molecule has 2 aromatic heterocycles. The first-order valence-corrected chi connectivity index (χ1v) is 8.77. The van der Waals surface area contributed by atoms with Crippen LogP contribution in [0, 0.1) is 6.92 Å². The van der Waals surface area contributed by atoms with Crippen molar-refractivity contribution in [2.24, 2.45) is 0 Å². The molecule has 0 bridgehead atoms. The number of rotatable bonds is 3. The van der Waals surface area contributed by atoms with Crippen LogP contribution in [0.15, 0.2) is 41.4 Å². The highest BCUT2D eigenvalue weighted by Crippen LogP contribution is 2.25. The molecule has 2 heterocycles. The Morgan fingerprint density at radius 2 is 2.09 bits per heavy atom. The van der Waals surface area contributed by atoms with Crippen molar-refractivity contribution in [1.82, 2.24) is 9.38 Å². The summed E-state index contributed by atoms with van der Waals surface area (Å²) in [4.78, 5) is 18.1. The monoisotopic (exact) mass is 365 g/mol. The predicted octanol–water partition coefficient (Wildman–Crippen LogP) is 4.92. The number of hydrogen-bond acceptors (Lipinski definition) is 3. The third-order valence-corrected chi connectivity index (χ3v) is 4.57. The number of nitrogens with zero attached hydrogens (tertiary/aromatic N) is 2. The molecule has 0 spiro atoms. The third kappa shape index (κ3) is 3.17. The number of carbonyl (C=O) groups is 1. The molecule has 118 valence electrons. The van der Waals surface area contributed by atoms with Crippen LogP contribution < -0.4 is 5.32 Å². The van der Waals surface area contributed by atoms with Gasteiger partial charge in [0.25, 0.3) is 5.91 Å². The molecule has 3 rings (SSSR count). The van der Waals surface area contributed by atoms with Crippen LogP contribution in [0.1, 0.15) is 16.2 Å². The lowest BCUT2D eigenvalue weighted by Gasteiger charge is -2.08. The van der Waals surface area contributed by atoms with Crippen molar-refractivity contribution >= 4 is 52.2 Å². The van der Waals surface area contributed by atoms with E-state index in [4.69, 9.17) is 23.2 Å². The number of aromatic nitrogens is 2. The summed E-state index contributed by atoms with van der Waals surface area (Å²) in [5, 5.41) is 3.74. The average molecular weight is 366 g/mol. The minimum absolute atomic E-state index is 0.258. The molecule has 1 N–H and O–H groups in total. The van der Waals surface area contributed by atoms with E-state index in [0.29, 0.717) is 27.1 Å². The van der Waals surface area contributed by atoms with Crippen molar-refractivity contribution in [2.75, 3.05) is 11.6 Å². The van der Waals surface area contributed by atoms with Crippen LogP contribution in [0.4, 0.5) is 5.69 Å². The van der Waals surface area contributed by atoms with Crippen LogP contribution in [0.25, 0.3) is 5.65 Å². The molecule has 0 saturated heterocycles. The van der Waals surface area contributed by atoms with E-state index in [0.717, 1.165) is 10.6 Å². The molecule has 0 atom stereocenters. The maximum Gasteiger partial charge on any atom is 0.274 e. The second-order valence-electron chi connectivity index (χ2n) is 4.93. The molecule has 1 amide bonds. The first kappa shape index (κ1) is 16.2. The smallest absolute Gasteiger partial charge is 0.274 e. The van der Waals surface area contributed by atoms with Crippen molar-refractivity contribution in [2.45, 2.75) is 11.8 Å². The number of pyridine rings is 1. The molecule has 0 aliphatic carbocycles. The number of thioether (sulfide) groups is 1. The van der Waals surface area contributed by atoms with Crippen LogP contribution in [0.5, 0.6) is 0 Å². The summed E-state index contributed by atoms with van der Waals surface area (Å²) in [6.45, 7) is 1.77. The zero-order valence-electron chi connectivity index (χ0n) is 12.4. The summed E-state index contributed by atoms with van der Waals surface area (Å²) in [7, 11) is 0. The van der Waals surface area contributed by atoms with Gasteiger partial charge in [-0.1, -0.05) is 29.3 Å².